The second kappa shape index (κ2) is 7.71. The minimum absolute atomic E-state index is 0.0974. The van der Waals surface area contributed by atoms with Gasteiger partial charge in [-0.15, -0.1) is 0 Å². The zero-order chi connectivity index (χ0) is 21.4. The Kier molecular flexibility index (Phi) is 5.08. The number of Topliss-reactive ketones (excluding diaryl/α,β-unsaturated/α-hetero) is 1. The third kappa shape index (κ3) is 2.96. The number of hydrogen-bond acceptors (Lipinski definition) is 6. The highest BCUT2D eigenvalue weighted by Gasteiger charge is 2.42. The summed E-state index contributed by atoms with van der Waals surface area (Å²) in [6, 6.07) is 12.9. The van der Waals surface area contributed by atoms with E-state index in [1.165, 1.54) is 7.11 Å². The molecule has 2 aromatic carbocycles. The molecule has 0 amide bonds. The molecule has 30 heavy (non-hydrogen) atoms. The van der Waals surface area contributed by atoms with Crippen LogP contribution in [-0.2, 0) is 9.53 Å². The summed E-state index contributed by atoms with van der Waals surface area (Å²) in [6.45, 7) is 4.21. The van der Waals surface area contributed by atoms with E-state index in [2.05, 4.69) is 5.32 Å². The van der Waals surface area contributed by atoms with Gasteiger partial charge < -0.3 is 19.5 Å². The maximum Gasteiger partial charge on any atom is 0.336 e. The molecule has 0 bridgehead atoms. The Balaban J connectivity index is 1.93. The van der Waals surface area contributed by atoms with Crippen LogP contribution in [0.4, 0.5) is 0 Å². The molecule has 0 saturated heterocycles. The molecule has 1 N–H and O–H groups in total. The molecule has 1 heterocycles. The molecule has 1 aliphatic heterocycles. The minimum atomic E-state index is -0.585. The molecule has 1 unspecified atom stereocenters. The van der Waals surface area contributed by atoms with Gasteiger partial charge in [0.05, 0.1) is 32.1 Å². The van der Waals surface area contributed by atoms with E-state index in [-0.39, 0.29) is 5.78 Å². The minimum Gasteiger partial charge on any atom is -0.493 e. The number of allylic oxidation sites excluding steroid dienone is 2. The van der Waals surface area contributed by atoms with Crippen molar-refractivity contribution < 1.29 is 23.8 Å². The number of carbonyl (C=O) groups is 2. The van der Waals surface area contributed by atoms with Crippen LogP contribution in [0.25, 0.3) is 5.70 Å². The third-order valence-corrected chi connectivity index (χ3v) is 5.48. The van der Waals surface area contributed by atoms with Gasteiger partial charge in [-0.05, 0) is 31.5 Å². The van der Waals surface area contributed by atoms with Gasteiger partial charge in [-0.3, -0.25) is 4.79 Å². The molecule has 0 aromatic heterocycles. The van der Waals surface area contributed by atoms with E-state index in [9.17, 15) is 9.59 Å². The first-order valence-electron chi connectivity index (χ1n) is 9.76. The highest BCUT2D eigenvalue weighted by Crippen LogP contribution is 2.47. The topological polar surface area (TPSA) is 73.9 Å². The molecule has 1 atom stereocenters. The van der Waals surface area contributed by atoms with E-state index in [0.29, 0.717) is 40.5 Å². The van der Waals surface area contributed by atoms with Gasteiger partial charge in [0.25, 0.3) is 0 Å². The maximum absolute atomic E-state index is 13.4. The fourth-order valence-electron chi connectivity index (χ4n) is 4.18. The van der Waals surface area contributed by atoms with E-state index in [0.717, 1.165) is 16.8 Å². The van der Waals surface area contributed by atoms with E-state index >= 15 is 0 Å². The first kappa shape index (κ1) is 19.8. The van der Waals surface area contributed by atoms with Crippen LogP contribution in [0.3, 0.4) is 0 Å². The van der Waals surface area contributed by atoms with Crippen molar-refractivity contribution >= 4 is 17.4 Å². The molecule has 0 fully saturated rings. The van der Waals surface area contributed by atoms with Crippen LogP contribution in [0.15, 0.2) is 59.3 Å². The maximum atomic E-state index is 13.4. The lowest BCUT2D eigenvalue weighted by Crippen LogP contribution is -2.29. The Morgan fingerprint density at radius 3 is 2.47 bits per heavy atom. The van der Waals surface area contributed by atoms with E-state index in [4.69, 9.17) is 14.2 Å². The van der Waals surface area contributed by atoms with Crippen molar-refractivity contribution in [3.8, 4) is 11.5 Å². The van der Waals surface area contributed by atoms with Crippen LogP contribution in [0, 0.1) is 0 Å². The molecular weight excluding hydrogens is 382 g/mol. The Morgan fingerprint density at radius 1 is 1.07 bits per heavy atom. The fraction of sp³-hybridized carbons (Fsp3) is 0.250. The van der Waals surface area contributed by atoms with Crippen LogP contribution in [0.5, 0.6) is 11.5 Å². The predicted molar refractivity (Wildman–Crippen MR) is 112 cm³/mol. The molecule has 2 aromatic rings. The normalized spacial score (nSPS) is 17.3. The van der Waals surface area contributed by atoms with Crippen molar-refractivity contribution in [1.82, 2.24) is 5.32 Å². The molecule has 0 spiro atoms. The summed E-state index contributed by atoms with van der Waals surface area (Å²) < 4.78 is 16.2. The third-order valence-electron chi connectivity index (χ3n) is 5.48. The van der Waals surface area contributed by atoms with Crippen LogP contribution in [0.2, 0.25) is 0 Å². The van der Waals surface area contributed by atoms with Gasteiger partial charge >= 0.3 is 5.97 Å². The monoisotopic (exact) mass is 405 g/mol. The average molecular weight is 405 g/mol. The molecule has 1 aliphatic carbocycles. The van der Waals surface area contributed by atoms with Crippen LogP contribution in [0.1, 0.15) is 41.3 Å². The second-order valence-corrected chi connectivity index (χ2v) is 7.09. The number of dihydropyridines is 1. The Labute approximate surface area is 175 Å². The van der Waals surface area contributed by atoms with Gasteiger partial charge in [0.15, 0.2) is 17.3 Å². The lowest BCUT2D eigenvalue weighted by molar-refractivity contribution is -0.136. The highest BCUT2D eigenvalue weighted by atomic mass is 16.5. The lowest BCUT2D eigenvalue weighted by Gasteiger charge is -2.29. The van der Waals surface area contributed by atoms with Crippen molar-refractivity contribution in [3.63, 3.8) is 0 Å². The lowest BCUT2D eigenvalue weighted by atomic mass is 9.79. The van der Waals surface area contributed by atoms with Crippen molar-refractivity contribution in [1.29, 1.82) is 0 Å². The van der Waals surface area contributed by atoms with Gasteiger partial charge in [0.2, 0.25) is 0 Å². The predicted octanol–water partition coefficient (Wildman–Crippen LogP) is 3.84. The number of methoxy groups -OCH3 is 2. The summed E-state index contributed by atoms with van der Waals surface area (Å²) in [5.74, 6) is -0.0145. The molecular formula is C24H23NO5. The summed E-state index contributed by atoms with van der Waals surface area (Å²) in [7, 11) is 2.90. The van der Waals surface area contributed by atoms with Crippen LogP contribution in [-0.4, -0.2) is 32.6 Å². The SMILES string of the molecule is CCOc1ccc(C2C(C(=O)OC)=C(C)NC3=C2C(=O)c2ccccc23)cc1OC. The first-order valence-corrected chi connectivity index (χ1v) is 9.76. The fourth-order valence-corrected chi connectivity index (χ4v) is 4.18. The number of carbonyl (C=O) groups excluding carboxylic acids is 2. The first-order chi connectivity index (χ1) is 14.5. The van der Waals surface area contributed by atoms with Gasteiger partial charge in [-0.1, -0.05) is 30.3 Å². The van der Waals surface area contributed by atoms with E-state index < -0.39 is 11.9 Å². The standard InChI is InChI=1S/C24H23NO5/c1-5-30-17-11-10-14(12-18(17)28-3)20-19(24(27)29-4)13(2)25-22-15-8-6-7-9-16(15)23(26)21(20)22/h6-12,20,25H,5H2,1-4H3. The number of ether oxygens (including phenoxy) is 3. The summed E-state index contributed by atoms with van der Waals surface area (Å²) in [5, 5.41) is 3.27. The van der Waals surface area contributed by atoms with Crippen molar-refractivity contribution in [2.45, 2.75) is 19.8 Å². The van der Waals surface area contributed by atoms with Crippen molar-refractivity contribution in [2.24, 2.45) is 0 Å². The largest absolute Gasteiger partial charge is 0.493 e. The zero-order valence-electron chi connectivity index (χ0n) is 17.4. The molecule has 2 aliphatic rings. The van der Waals surface area contributed by atoms with Gasteiger partial charge in [0.1, 0.15) is 0 Å². The number of fused-ring (bicyclic) bond motifs is 2. The molecule has 0 saturated carbocycles. The molecule has 6 nitrogen and oxygen atoms in total. The smallest absolute Gasteiger partial charge is 0.336 e. The number of ketones is 1. The van der Waals surface area contributed by atoms with Crippen LogP contribution >= 0.6 is 0 Å². The van der Waals surface area contributed by atoms with Gasteiger partial charge in [-0.25, -0.2) is 4.79 Å². The Bertz CT molecular complexity index is 1110. The average Bonchev–Trinajstić information content (AvgIpc) is 3.04. The number of rotatable bonds is 5. The van der Waals surface area contributed by atoms with Gasteiger partial charge in [-0.2, -0.15) is 0 Å². The molecule has 4 rings (SSSR count). The summed E-state index contributed by atoms with van der Waals surface area (Å²) in [4.78, 5) is 26.1. The van der Waals surface area contributed by atoms with Crippen molar-refractivity contribution in [2.75, 3.05) is 20.8 Å². The quantitative estimate of drug-likeness (QED) is 0.762. The number of hydrogen-bond donors (Lipinski definition) is 1. The number of esters is 1. The molecule has 0 radical (unpaired) electrons. The Hall–Kier alpha value is -3.54. The molecule has 154 valence electrons. The highest BCUT2D eigenvalue weighted by molar-refractivity contribution is 6.23. The summed E-state index contributed by atoms with van der Waals surface area (Å²) in [6.07, 6.45) is 0. The number of nitrogens with one attached hydrogen (secondary N) is 1. The number of benzene rings is 2. The van der Waals surface area contributed by atoms with E-state index in [1.807, 2.05) is 44.2 Å². The van der Waals surface area contributed by atoms with Gasteiger partial charge in [0, 0.05) is 28.3 Å². The summed E-state index contributed by atoms with van der Waals surface area (Å²) in [5.41, 5.74) is 4.55. The van der Waals surface area contributed by atoms with Crippen molar-refractivity contribution in [3.05, 3.63) is 76.0 Å². The second-order valence-electron chi connectivity index (χ2n) is 7.09. The molecule has 6 heteroatoms. The summed E-state index contributed by atoms with van der Waals surface area (Å²) >= 11 is 0. The zero-order valence-corrected chi connectivity index (χ0v) is 17.4. The van der Waals surface area contributed by atoms with E-state index in [1.54, 1.807) is 19.2 Å². The Morgan fingerprint density at radius 2 is 1.80 bits per heavy atom. The van der Waals surface area contributed by atoms with Crippen LogP contribution < -0.4 is 14.8 Å².